The van der Waals surface area contributed by atoms with Crippen LogP contribution in [0.15, 0.2) is 67.5 Å². The van der Waals surface area contributed by atoms with Gasteiger partial charge in [-0.25, -0.2) is 0 Å². The summed E-state index contributed by atoms with van der Waals surface area (Å²) in [5, 5.41) is 0. The minimum atomic E-state index is 0.603. The van der Waals surface area contributed by atoms with Gasteiger partial charge in [0.1, 0.15) is 11.5 Å². The van der Waals surface area contributed by atoms with Gasteiger partial charge in [-0.1, -0.05) is 57.4 Å². The van der Waals surface area contributed by atoms with Gasteiger partial charge in [-0.2, -0.15) is 0 Å². The van der Waals surface area contributed by atoms with Crippen LogP contribution in [0.3, 0.4) is 0 Å². The molecular weight excluding hydrogens is 184 g/mol. The second-order valence-electron chi connectivity index (χ2n) is 2.48. The Bertz CT molecular complexity index is 309. The number of ether oxygens (including phenoxy) is 1. The molecular formula is C14H18O. The van der Waals surface area contributed by atoms with Crippen LogP contribution in [0.1, 0.15) is 13.8 Å². The SMILES string of the molecule is C=C/C=C\C(=C)Oc1ccccc1.CC. The summed E-state index contributed by atoms with van der Waals surface area (Å²) in [6.07, 6.45) is 5.23. The molecule has 0 fully saturated rings. The van der Waals surface area contributed by atoms with Gasteiger partial charge in [-0.05, 0) is 18.2 Å². The second kappa shape index (κ2) is 8.82. The van der Waals surface area contributed by atoms with Crippen molar-refractivity contribution in [3.8, 4) is 5.75 Å². The highest BCUT2D eigenvalue weighted by molar-refractivity contribution is 5.25. The first-order chi connectivity index (χ1) is 7.33. The van der Waals surface area contributed by atoms with E-state index in [-0.39, 0.29) is 0 Å². The Morgan fingerprint density at radius 3 is 2.33 bits per heavy atom. The topological polar surface area (TPSA) is 9.23 Å². The molecule has 0 N–H and O–H groups in total. The van der Waals surface area contributed by atoms with E-state index in [0.717, 1.165) is 5.75 Å². The Morgan fingerprint density at radius 1 is 1.20 bits per heavy atom. The molecule has 0 unspecified atom stereocenters. The quantitative estimate of drug-likeness (QED) is 0.521. The highest BCUT2D eigenvalue weighted by Gasteiger charge is 1.91. The van der Waals surface area contributed by atoms with E-state index >= 15 is 0 Å². The summed E-state index contributed by atoms with van der Waals surface area (Å²) >= 11 is 0. The molecule has 0 aromatic heterocycles. The first kappa shape index (κ1) is 13.2. The summed E-state index contributed by atoms with van der Waals surface area (Å²) in [5.41, 5.74) is 0. The molecule has 0 aliphatic rings. The van der Waals surface area contributed by atoms with Crippen LogP contribution >= 0.6 is 0 Å². The summed E-state index contributed by atoms with van der Waals surface area (Å²) in [6, 6.07) is 9.54. The van der Waals surface area contributed by atoms with Crippen LogP contribution in [0, 0.1) is 0 Å². The van der Waals surface area contributed by atoms with E-state index in [1.54, 1.807) is 18.2 Å². The van der Waals surface area contributed by atoms with Gasteiger partial charge >= 0.3 is 0 Å². The third-order valence-electron chi connectivity index (χ3n) is 1.41. The molecule has 0 saturated heterocycles. The first-order valence-corrected chi connectivity index (χ1v) is 5.04. The maximum Gasteiger partial charge on any atom is 0.127 e. The highest BCUT2D eigenvalue weighted by atomic mass is 16.5. The third-order valence-corrected chi connectivity index (χ3v) is 1.41. The van der Waals surface area contributed by atoms with Gasteiger partial charge in [-0.3, -0.25) is 0 Å². The molecule has 0 aliphatic heterocycles. The molecule has 0 aliphatic carbocycles. The summed E-state index contributed by atoms with van der Waals surface area (Å²) in [7, 11) is 0. The van der Waals surface area contributed by atoms with Crippen molar-refractivity contribution in [2.45, 2.75) is 13.8 Å². The number of para-hydroxylation sites is 1. The molecule has 0 heterocycles. The van der Waals surface area contributed by atoms with Crippen molar-refractivity contribution in [1.29, 1.82) is 0 Å². The van der Waals surface area contributed by atoms with Gasteiger partial charge in [-0.15, -0.1) is 0 Å². The molecule has 0 saturated carbocycles. The van der Waals surface area contributed by atoms with E-state index in [0.29, 0.717) is 5.76 Å². The van der Waals surface area contributed by atoms with Crippen molar-refractivity contribution in [2.24, 2.45) is 0 Å². The molecule has 1 aromatic carbocycles. The maximum absolute atomic E-state index is 5.39. The van der Waals surface area contributed by atoms with Gasteiger partial charge in [0, 0.05) is 0 Å². The van der Waals surface area contributed by atoms with E-state index in [4.69, 9.17) is 4.74 Å². The van der Waals surface area contributed by atoms with Crippen molar-refractivity contribution in [2.75, 3.05) is 0 Å². The van der Waals surface area contributed by atoms with Gasteiger partial charge < -0.3 is 4.74 Å². The minimum absolute atomic E-state index is 0.603. The number of benzene rings is 1. The van der Waals surface area contributed by atoms with Gasteiger partial charge in [0.05, 0.1) is 0 Å². The monoisotopic (exact) mass is 202 g/mol. The van der Waals surface area contributed by atoms with E-state index in [2.05, 4.69) is 13.2 Å². The van der Waals surface area contributed by atoms with Crippen LogP contribution in [-0.4, -0.2) is 0 Å². The van der Waals surface area contributed by atoms with E-state index < -0.39 is 0 Å². The maximum atomic E-state index is 5.39. The standard InChI is InChI=1S/C12H12O.C2H6/c1-3-4-8-11(2)13-12-9-6-5-7-10-12;1-2/h3-10H,1-2H2;1-2H3/b8-4-;. The lowest BCUT2D eigenvalue weighted by atomic mass is 10.3. The average molecular weight is 202 g/mol. The zero-order valence-corrected chi connectivity index (χ0v) is 9.44. The van der Waals surface area contributed by atoms with Crippen molar-refractivity contribution >= 4 is 0 Å². The fraction of sp³-hybridized carbons (Fsp3) is 0.143. The predicted molar refractivity (Wildman–Crippen MR) is 66.9 cm³/mol. The number of hydrogen-bond donors (Lipinski definition) is 0. The van der Waals surface area contributed by atoms with Crippen LogP contribution < -0.4 is 4.74 Å². The molecule has 0 amide bonds. The molecule has 0 spiro atoms. The molecule has 80 valence electrons. The lowest BCUT2D eigenvalue weighted by Gasteiger charge is -2.03. The second-order valence-corrected chi connectivity index (χ2v) is 2.48. The van der Waals surface area contributed by atoms with Crippen LogP contribution in [0.25, 0.3) is 0 Å². The first-order valence-electron chi connectivity index (χ1n) is 5.04. The number of rotatable bonds is 4. The molecule has 1 nitrogen and oxygen atoms in total. The molecule has 0 atom stereocenters. The molecule has 1 rings (SSSR count). The number of hydrogen-bond acceptors (Lipinski definition) is 1. The fourth-order valence-electron chi connectivity index (χ4n) is 0.849. The molecule has 15 heavy (non-hydrogen) atoms. The van der Waals surface area contributed by atoms with Crippen LogP contribution in [0.5, 0.6) is 5.75 Å². The normalized spacial score (nSPS) is 8.93. The highest BCUT2D eigenvalue weighted by Crippen LogP contribution is 2.11. The van der Waals surface area contributed by atoms with Crippen molar-refractivity contribution in [3.05, 3.63) is 67.5 Å². The van der Waals surface area contributed by atoms with Crippen molar-refractivity contribution in [3.63, 3.8) is 0 Å². The summed E-state index contributed by atoms with van der Waals surface area (Å²) in [6.45, 7) is 11.3. The summed E-state index contributed by atoms with van der Waals surface area (Å²) < 4.78 is 5.39. The van der Waals surface area contributed by atoms with Gasteiger partial charge in [0.15, 0.2) is 0 Å². The number of allylic oxidation sites excluding steroid dienone is 3. The van der Waals surface area contributed by atoms with E-state index in [1.165, 1.54) is 0 Å². The molecule has 0 radical (unpaired) electrons. The molecule has 1 heteroatoms. The van der Waals surface area contributed by atoms with E-state index in [1.807, 2.05) is 44.2 Å². The average Bonchev–Trinajstić information content (AvgIpc) is 2.30. The predicted octanol–water partition coefficient (Wildman–Crippen LogP) is 4.35. The minimum Gasteiger partial charge on any atom is -0.458 e. The lowest BCUT2D eigenvalue weighted by Crippen LogP contribution is -1.88. The zero-order chi connectivity index (χ0) is 11.5. The van der Waals surface area contributed by atoms with Crippen molar-refractivity contribution in [1.82, 2.24) is 0 Å². The Hall–Kier alpha value is -1.76. The zero-order valence-electron chi connectivity index (χ0n) is 9.44. The Labute approximate surface area is 92.4 Å². The largest absolute Gasteiger partial charge is 0.458 e. The molecule has 1 aromatic rings. The Balaban J connectivity index is 0.000000921. The summed E-state index contributed by atoms with van der Waals surface area (Å²) in [5.74, 6) is 1.40. The van der Waals surface area contributed by atoms with Crippen LogP contribution in [0.2, 0.25) is 0 Å². The van der Waals surface area contributed by atoms with Crippen molar-refractivity contribution < 1.29 is 4.74 Å². The molecule has 0 bridgehead atoms. The Morgan fingerprint density at radius 2 is 1.80 bits per heavy atom. The van der Waals surface area contributed by atoms with Gasteiger partial charge in [0.2, 0.25) is 0 Å². The lowest BCUT2D eigenvalue weighted by molar-refractivity contribution is 0.447. The van der Waals surface area contributed by atoms with Gasteiger partial charge in [0.25, 0.3) is 0 Å². The third kappa shape index (κ3) is 6.33. The smallest absolute Gasteiger partial charge is 0.127 e. The van der Waals surface area contributed by atoms with Crippen LogP contribution in [-0.2, 0) is 0 Å². The Kier molecular flexibility index (Phi) is 7.79. The van der Waals surface area contributed by atoms with Crippen LogP contribution in [0.4, 0.5) is 0 Å². The van der Waals surface area contributed by atoms with E-state index in [9.17, 15) is 0 Å². The summed E-state index contributed by atoms with van der Waals surface area (Å²) in [4.78, 5) is 0. The fourth-order valence-corrected chi connectivity index (χ4v) is 0.849.